The first-order valence-electron chi connectivity index (χ1n) is 9.12. The zero-order chi connectivity index (χ0) is 17.9. The third kappa shape index (κ3) is 4.59. The summed E-state index contributed by atoms with van der Waals surface area (Å²) < 4.78 is 27.0. The van der Waals surface area contributed by atoms with E-state index in [9.17, 15) is 13.2 Å². The number of nitrogens with two attached hydrogens (primary N) is 1. The number of amides is 1. The van der Waals surface area contributed by atoms with E-state index in [4.69, 9.17) is 5.73 Å². The van der Waals surface area contributed by atoms with Crippen molar-refractivity contribution < 1.29 is 13.2 Å². The summed E-state index contributed by atoms with van der Waals surface area (Å²) in [5.41, 5.74) is 6.44. The second-order valence-electron chi connectivity index (χ2n) is 7.05. The van der Waals surface area contributed by atoms with Crippen molar-refractivity contribution >= 4 is 15.9 Å². The van der Waals surface area contributed by atoms with E-state index in [0.29, 0.717) is 31.1 Å². The quantitative estimate of drug-likeness (QED) is 0.803. The lowest BCUT2D eigenvalue weighted by Gasteiger charge is -2.20. The van der Waals surface area contributed by atoms with Crippen LogP contribution in [0.5, 0.6) is 0 Å². The highest BCUT2D eigenvalue weighted by atomic mass is 32.2. The fraction of sp³-hybridized carbons (Fsp3) is 0.611. The number of benzene rings is 1. The highest BCUT2D eigenvalue weighted by Gasteiger charge is 2.29. The van der Waals surface area contributed by atoms with E-state index in [1.807, 2.05) is 0 Å². The molecule has 3 N–H and O–H groups in total. The molecule has 25 heavy (non-hydrogen) atoms. The molecule has 1 aliphatic heterocycles. The Hall–Kier alpha value is -1.44. The topological polar surface area (TPSA) is 92.5 Å². The van der Waals surface area contributed by atoms with Crippen molar-refractivity contribution in [2.24, 2.45) is 11.7 Å². The normalized spacial score (nSPS) is 20.7. The average Bonchev–Trinajstić information content (AvgIpc) is 3.46. The molecule has 1 aromatic rings. The predicted molar refractivity (Wildman–Crippen MR) is 96.7 cm³/mol. The van der Waals surface area contributed by atoms with Gasteiger partial charge in [0.25, 0.3) is 5.91 Å². The van der Waals surface area contributed by atoms with Crippen LogP contribution in [0, 0.1) is 5.92 Å². The van der Waals surface area contributed by atoms with Gasteiger partial charge in [-0.25, -0.2) is 8.42 Å². The van der Waals surface area contributed by atoms with Crippen LogP contribution in [-0.4, -0.2) is 44.3 Å². The summed E-state index contributed by atoms with van der Waals surface area (Å²) in [5.74, 6) is 0.316. The first-order chi connectivity index (χ1) is 12.0. The standard InChI is InChI=1S/C18H27N3O3S/c19-17(14-5-6-14)13-20-18(22)15-7-9-16(10-8-15)25(23,24)21-11-3-1-2-4-12-21/h7-10,14,17H,1-6,11-13,19H2,(H,20,22). The van der Waals surface area contributed by atoms with E-state index < -0.39 is 10.0 Å². The van der Waals surface area contributed by atoms with Gasteiger partial charge in [-0.15, -0.1) is 0 Å². The van der Waals surface area contributed by atoms with Crippen LogP contribution in [0.25, 0.3) is 0 Å². The molecule has 1 heterocycles. The number of hydrogen-bond donors (Lipinski definition) is 2. The molecule has 1 saturated carbocycles. The highest BCUT2D eigenvalue weighted by molar-refractivity contribution is 7.89. The lowest BCUT2D eigenvalue weighted by Crippen LogP contribution is -2.38. The van der Waals surface area contributed by atoms with E-state index in [-0.39, 0.29) is 16.8 Å². The number of nitrogens with one attached hydrogen (secondary N) is 1. The molecule has 1 atom stereocenters. The molecule has 0 bridgehead atoms. The predicted octanol–water partition coefficient (Wildman–Crippen LogP) is 1.72. The van der Waals surface area contributed by atoms with Gasteiger partial charge < -0.3 is 11.1 Å². The zero-order valence-electron chi connectivity index (χ0n) is 14.5. The Labute approximate surface area is 149 Å². The van der Waals surface area contributed by atoms with Crippen molar-refractivity contribution in [2.75, 3.05) is 19.6 Å². The largest absolute Gasteiger partial charge is 0.350 e. The fourth-order valence-corrected chi connectivity index (χ4v) is 4.73. The first-order valence-corrected chi connectivity index (χ1v) is 10.6. The fourth-order valence-electron chi connectivity index (χ4n) is 3.21. The smallest absolute Gasteiger partial charge is 0.251 e. The molecule has 7 heteroatoms. The van der Waals surface area contributed by atoms with Crippen LogP contribution in [0.3, 0.4) is 0 Å². The van der Waals surface area contributed by atoms with Crippen molar-refractivity contribution in [1.29, 1.82) is 0 Å². The summed E-state index contributed by atoms with van der Waals surface area (Å²) in [6, 6.07) is 6.20. The van der Waals surface area contributed by atoms with Gasteiger partial charge in [-0.3, -0.25) is 4.79 Å². The van der Waals surface area contributed by atoms with Crippen LogP contribution in [0.1, 0.15) is 48.9 Å². The maximum Gasteiger partial charge on any atom is 0.251 e. The van der Waals surface area contributed by atoms with Crippen LogP contribution in [0.15, 0.2) is 29.2 Å². The summed E-state index contributed by atoms with van der Waals surface area (Å²) in [5, 5.41) is 2.83. The van der Waals surface area contributed by atoms with Gasteiger partial charge in [0.1, 0.15) is 0 Å². The van der Waals surface area contributed by atoms with Gasteiger partial charge in [0.05, 0.1) is 4.90 Å². The molecule has 0 spiro atoms. The maximum absolute atomic E-state index is 12.7. The lowest BCUT2D eigenvalue weighted by atomic mass is 10.2. The molecule has 0 aromatic heterocycles. The number of carbonyl (C=O) groups is 1. The Morgan fingerprint density at radius 3 is 2.28 bits per heavy atom. The molecular formula is C18H27N3O3S. The van der Waals surface area contributed by atoms with Crippen molar-refractivity contribution in [3.63, 3.8) is 0 Å². The minimum absolute atomic E-state index is 0.00615. The SMILES string of the molecule is NC(CNC(=O)c1ccc(S(=O)(=O)N2CCCCCC2)cc1)C1CC1. The minimum Gasteiger partial charge on any atom is -0.350 e. The maximum atomic E-state index is 12.7. The van der Waals surface area contributed by atoms with E-state index in [1.54, 1.807) is 16.4 Å². The zero-order valence-corrected chi connectivity index (χ0v) is 15.3. The summed E-state index contributed by atoms with van der Waals surface area (Å²) in [6.07, 6.45) is 6.24. The second kappa shape index (κ2) is 7.85. The summed E-state index contributed by atoms with van der Waals surface area (Å²) >= 11 is 0. The van der Waals surface area contributed by atoms with Crippen molar-refractivity contribution in [2.45, 2.75) is 49.5 Å². The Kier molecular flexibility index (Phi) is 5.76. The Morgan fingerprint density at radius 1 is 1.12 bits per heavy atom. The molecule has 1 saturated heterocycles. The molecule has 1 unspecified atom stereocenters. The number of sulfonamides is 1. The third-order valence-corrected chi connectivity index (χ3v) is 6.96. The highest BCUT2D eigenvalue weighted by Crippen LogP contribution is 2.31. The summed E-state index contributed by atoms with van der Waals surface area (Å²) in [4.78, 5) is 12.4. The number of nitrogens with zero attached hydrogens (tertiary/aromatic N) is 1. The monoisotopic (exact) mass is 365 g/mol. The molecule has 3 rings (SSSR count). The summed E-state index contributed by atoms with van der Waals surface area (Å²) in [6.45, 7) is 1.60. The summed E-state index contributed by atoms with van der Waals surface area (Å²) in [7, 11) is -3.47. The van der Waals surface area contributed by atoms with Crippen LogP contribution in [0.4, 0.5) is 0 Å². The van der Waals surface area contributed by atoms with Crippen molar-refractivity contribution in [3.8, 4) is 0 Å². The van der Waals surface area contributed by atoms with E-state index in [0.717, 1.165) is 38.5 Å². The molecule has 138 valence electrons. The van der Waals surface area contributed by atoms with Gasteiger partial charge in [0.15, 0.2) is 0 Å². The van der Waals surface area contributed by atoms with Crippen molar-refractivity contribution in [1.82, 2.24) is 9.62 Å². The molecule has 1 amide bonds. The van der Waals surface area contributed by atoms with Gasteiger partial charge in [-0.05, 0) is 55.9 Å². The number of rotatable bonds is 6. The third-order valence-electron chi connectivity index (χ3n) is 5.05. The molecule has 2 fully saturated rings. The van der Waals surface area contributed by atoms with Crippen molar-refractivity contribution in [3.05, 3.63) is 29.8 Å². The average molecular weight is 365 g/mol. The van der Waals surface area contributed by atoms with Gasteiger partial charge in [-0.1, -0.05) is 12.8 Å². The van der Waals surface area contributed by atoms with E-state index in [1.165, 1.54) is 12.1 Å². The van der Waals surface area contributed by atoms with Crippen LogP contribution in [0.2, 0.25) is 0 Å². The second-order valence-corrected chi connectivity index (χ2v) is 8.99. The van der Waals surface area contributed by atoms with Crippen LogP contribution < -0.4 is 11.1 Å². The number of hydrogen-bond acceptors (Lipinski definition) is 4. The van der Waals surface area contributed by atoms with Gasteiger partial charge in [0, 0.05) is 31.2 Å². The number of carbonyl (C=O) groups excluding carboxylic acids is 1. The molecule has 2 aliphatic rings. The van der Waals surface area contributed by atoms with Gasteiger partial charge in [0.2, 0.25) is 10.0 Å². The van der Waals surface area contributed by atoms with Crippen LogP contribution >= 0.6 is 0 Å². The lowest BCUT2D eigenvalue weighted by molar-refractivity contribution is 0.0950. The van der Waals surface area contributed by atoms with E-state index >= 15 is 0 Å². The molecular weight excluding hydrogens is 338 g/mol. The molecule has 1 aliphatic carbocycles. The minimum atomic E-state index is -3.47. The van der Waals surface area contributed by atoms with Crippen LogP contribution in [-0.2, 0) is 10.0 Å². The van der Waals surface area contributed by atoms with Gasteiger partial charge in [-0.2, -0.15) is 4.31 Å². The Balaban J connectivity index is 1.63. The molecule has 6 nitrogen and oxygen atoms in total. The Morgan fingerprint density at radius 2 is 1.72 bits per heavy atom. The van der Waals surface area contributed by atoms with Gasteiger partial charge >= 0.3 is 0 Å². The Bertz CT molecular complexity index is 691. The van der Waals surface area contributed by atoms with E-state index in [2.05, 4.69) is 5.32 Å². The molecule has 0 radical (unpaired) electrons. The first kappa shape index (κ1) is 18.4. The molecule has 1 aromatic carbocycles.